The maximum Gasteiger partial charge on any atom is 0.328 e. The molecule has 0 fully saturated rings. The van der Waals surface area contributed by atoms with E-state index in [4.69, 9.17) is 10.5 Å². The van der Waals surface area contributed by atoms with Crippen molar-refractivity contribution in [1.82, 2.24) is 10.3 Å². The van der Waals surface area contributed by atoms with Crippen LogP contribution in [0.4, 0.5) is 5.69 Å². The van der Waals surface area contributed by atoms with Crippen LogP contribution in [-0.4, -0.2) is 29.5 Å². The van der Waals surface area contributed by atoms with Gasteiger partial charge in [0.1, 0.15) is 11.7 Å². The fourth-order valence-electron chi connectivity index (χ4n) is 1.87. The van der Waals surface area contributed by atoms with Crippen LogP contribution < -0.4 is 11.1 Å². The van der Waals surface area contributed by atoms with Gasteiger partial charge in [-0.3, -0.25) is 4.79 Å². The molecule has 0 spiro atoms. The van der Waals surface area contributed by atoms with Crippen LogP contribution in [0.1, 0.15) is 24.3 Å². The van der Waals surface area contributed by atoms with Crippen LogP contribution in [-0.2, 0) is 9.53 Å². The van der Waals surface area contributed by atoms with Crippen molar-refractivity contribution in [3.05, 3.63) is 30.0 Å². The molecule has 0 saturated heterocycles. The number of aromatic nitrogens is 1. The second-order valence-electron chi connectivity index (χ2n) is 4.48. The molecule has 0 radical (unpaired) electrons. The Balaban J connectivity index is 2.13. The molecule has 0 aliphatic heterocycles. The lowest BCUT2D eigenvalue weighted by Crippen LogP contribution is -2.39. The third-order valence-electron chi connectivity index (χ3n) is 2.88. The predicted octanol–water partition coefficient (Wildman–Crippen LogP) is 1.43. The van der Waals surface area contributed by atoms with Crippen molar-refractivity contribution in [2.24, 2.45) is 0 Å². The average molecular weight is 275 g/mol. The molecule has 0 aliphatic carbocycles. The lowest BCUT2D eigenvalue weighted by atomic mass is 10.2. The number of amides is 1. The maximum absolute atomic E-state index is 12.0. The number of H-pyrrole nitrogens is 1. The summed E-state index contributed by atoms with van der Waals surface area (Å²) in [5.74, 6) is -0.818. The molecule has 6 nitrogen and oxygen atoms in total. The third-order valence-corrected chi connectivity index (χ3v) is 2.88. The zero-order chi connectivity index (χ0) is 14.7. The Kier molecular flexibility index (Phi) is 3.93. The van der Waals surface area contributed by atoms with Gasteiger partial charge in [-0.1, -0.05) is 0 Å². The van der Waals surface area contributed by atoms with Crippen LogP contribution in [0.5, 0.6) is 0 Å². The quantitative estimate of drug-likeness (QED) is 0.581. The summed E-state index contributed by atoms with van der Waals surface area (Å²) >= 11 is 0. The molecule has 4 N–H and O–H groups in total. The first kappa shape index (κ1) is 13.9. The van der Waals surface area contributed by atoms with Crippen LogP contribution >= 0.6 is 0 Å². The number of ether oxygens (including phenoxy) is 1. The van der Waals surface area contributed by atoms with E-state index in [-0.39, 0.29) is 12.5 Å². The SMILES string of the molecule is CCOC(=O)C(C)NC(=O)c1cc2cc(N)ccc2[nH]1. The minimum atomic E-state index is -0.695. The Bertz CT molecular complexity index is 648. The molecule has 0 bridgehead atoms. The van der Waals surface area contributed by atoms with Crippen molar-refractivity contribution in [1.29, 1.82) is 0 Å². The molecule has 6 heteroatoms. The maximum atomic E-state index is 12.0. The van der Waals surface area contributed by atoms with E-state index in [9.17, 15) is 9.59 Å². The number of fused-ring (bicyclic) bond motifs is 1. The third kappa shape index (κ3) is 2.90. The molecule has 2 aromatic rings. The summed E-state index contributed by atoms with van der Waals surface area (Å²) in [6.07, 6.45) is 0. The molecule has 0 saturated carbocycles. The summed E-state index contributed by atoms with van der Waals surface area (Å²) in [4.78, 5) is 26.5. The van der Waals surface area contributed by atoms with Crippen molar-refractivity contribution in [3.63, 3.8) is 0 Å². The van der Waals surface area contributed by atoms with Crippen LogP contribution in [0.2, 0.25) is 0 Å². The molecule has 1 heterocycles. The van der Waals surface area contributed by atoms with Gasteiger partial charge in [-0.15, -0.1) is 0 Å². The second-order valence-corrected chi connectivity index (χ2v) is 4.48. The number of hydrogen-bond donors (Lipinski definition) is 3. The molecular weight excluding hydrogens is 258 g/mol. The first-order chi connectivity index (χ1) is 9.51. The topological polar surface area (TPSA) is 97.2 Å². The van der Waals surface area contributed by atoms with Gasteiger partial charge in [0, 0.05) is 16.6 Å². The van der Waals surface area contributed by atoms with Crippen molar-refractivity contribution in [3.8, 4) is 0 Å². The number of aromatic amines is 1. The summed E-state index contributed by atoms with van der Waals surface area (Å²) in [7, 11) is 0. The Morgan fingerprint density at radius 3 is 2.85 bits per heavy atom. The molecule has 0 aliphatic rings. The first-order valence-electron chi connectivity index (χ1n) is 6.37. The summed E-state index contributed by atoms with van der Waals surface area (Å²) < 4.78 is 4.83. The smallest absolute Gasteiger partial charge is 0.328 e. The summed E-state index contributed by atoms with van der Waals surface area (Å²) in [5, 5.41) is 3.43. The zero-order valence-electron chi connectivity index (χ0n) is 11.4. The van der Waals surface area contributed by atoms with Crippen LogP contribution in [0.3, 0.4) is 0 Å². The minimum absolute atomic E-state index is 0.282. The van der Waals surface area contributed by atoms with Gasteiger partial charge < -0.3 is 20.8 Å². The Labute approximate surface area is 116 Å². The standard InChI is InChI=1S/C14H17N3O3/c1-3-20-14(19)8(2)16-13(18)12-7-9-6-10(15)4-5-11(9)17-12/h4-8,17H,3,15H2,1-2H3,(H,16,18). The molecule has 1 unspecified atom stereocenters. The number of nitrogens with one attached hydrogen (secondary N) is 2. The second kappa shape index (κ2) is 5.64. The van der Waals surface area contributed by atoms with E-state index in [0.717, 1.165) is 10.9 Å². The normalized spacial score (nSPS) is 12.1. The number of carbonyl (C=O) groups excluding carboxylic acids is 2. The highest BCUT2D eigenvalue weighted by Crippen LogP contribution is 2.18. The van der Waals surface area contributed by atoms with Crippen molar-refractivity contribution < 1.29 is 14.3 Å². The van der Waals surface area contributed by atoms with E-state index >= 15 is 0 Å². The molecule has 1 atom stereocenters. The van der Waals surface area contributed by atoms with E-state index in [1.54, 1.807) is 38.1 Å². The van der Waals surface area contributed by atoms with Gasteiger partial charge in [-0.2, -0.15) is 0 Å². The van der Waals surface area contributed by atoms with Gasteiger partial charge in [0.15, 0.2) is 0 Å². The highest BCUT2D eigenvalue weighted by molar-refractivity contribution is 6.00. The highest BCUT2D eigenvalue weighted by atomic mass is 16.5. The van der Waals surface area contributed by atoms with Gasteiger partial charge in [0.05, 0.1) is 6.61 Å². The van der Waals surface area contributed by atoms with Crippen molar-refractivity contribution in [2.45, 2.75) is 19.9 Å². The number of carbonyl (C=O) groups is 2. The fraction of sp³-hybridized carbons (Fsp3) is 0.286. The lowest BCUT2D eigenvalue weighted by molar-refractivity contribution is -0.144. The molecule has 2 rings (SSSR count). The van der Waals surface area contributed by atoms with Gasteiger partial charge in [0.25, 0.3) is 5.91 Å². The summed E-state index contributed by atoms with van der Waals surface area (Å²) in [6, 6.07) is 6.33. The summed E-state index contributed by atoms with van der Waals surface area (Å²) in [6.45, 7) is 3.58. The number of esters is 1. The number of anilines is 1. The number of hydrogen-bond acceptors (Lipinski definition) is 4. The summed E-state index contributed by atoms with van der Waals surface area (Å²) in [5.41, 5.74) is 7.51. The molecule has 1 aromatic carbocycles. The Hall–Kier alpha value is -2.50. The first-order valence-corrected chi connectivity index (χ1v) is 6.37. The number of benzene rings is 1. The molecular formula is C14H17N3O3. The Morgan fingerprint density at radius 2 is 2.15 bits per heavy atom. The number of nitrogen functional groups attached to an aromatic ring is 1. The van der Waals surface area contributed by atoms with Crippen LogP contribution in [0.15, 0.2) is 24.3 Å². The van der Waals surface area contributed by atoms with Gasteiger partial charge in [-0.25, -0.2) is 4.79 Å². The van der Waals surface area contributed by atoms with E-state index in [1.807, 2.05) is 0 Å². The number of nitrogens with two attached hydrogens (primary N) is 1. The van der Waals surface area contributed by atoms with E-state index in [1.165, 1.54) is 0 Å². The molecule has 106 valence electrons. The largest absolute Gasteiger partial charge is 0.464 e. The highest BCUT2D eigenvalue weighted by Gasteiger charge is 2.18. The van der Waals surface area contributed by atoms with E-state index in [2.05, 4.69) is 10.3 Å². The fourth-order valence-corrected chi connectivity index (χ4v) is 1.87. The molecule has 20 heavy (non-hydrogen) atoms. The zero-order valence-corrected chi connectivity index (χ0v) is 11.4. The van der Waals surface area contributed by atoms with Crippen molar-refractivity contribution in [2.75, 3.05) is 12.3 Å². The molecule has 1 amide bonds. The Morgan fingerprint density at radius 1 is 1.40 bits per heavy atom. The van der Waals surface area contributed by atoms with Gasteiger partial charge in [-0.05, 0) is 38.1 Å². The monoisotopic (exact) mass is 275 g/mol. The van der Waals surface area contributed by atoms with E-state index < -0.39 is 12.0 Å². The predicted molar refractivity (Wildman–Crippen MR) is 76.3 cm³/mol. The van der Waals surface area contributed by atoms with Crippen LogP contribution in [0, 0.1) is 0 Å². The lowest BCUT2D eigenvalue weighted by Gasteiger charge is -2.11. The minimum Gasteiger partial charge on any atom is -0.464 e. The van der Waals surface area contributed by atoms with Crippen LogP contribution in [0.25, 0.3) is 10.9 Å². The van der Waals surface area contributed by atoms with Crippen molar-refractivity contribution >= 4 is 28.5 Å². The molecule has 1 aromatic heterocycles. The average Bonchev–Trinajstić information content (AvgIpc) is 2.81. The number of rotatable bonds is 4. The van der Waals surface area contributed by atoms with E-state index in [0.29, 0.717) is 11.4 Å². The van der Waals surface area contributed by atoms with Gasteiger partial charge in [0.2, 0.25) is 0 Å². The van der Waals surface area contributed by atoms with Gasteiger partial charge >= 0.3 is 5.97 Å².